The Kier molecular flexibility index (Phi) is 7.87. The summed E-state index contributed by atoms with van der Waals surface area (Å²) in [4.78, 5) is 25.4. The summed E-state index contributed by atoms with van der Waals surface area (Å²) < 4.78 is 29.8. The van der Waals surface area contributed by atoms with Crippen molar-refractivity contribution in [3.05, 3.63) is 93.0 Å². The van der Waals surface area contributed by atoms with Crippen LogP contribution in [0.25, 0.3) is 0 Å². The molecule has 3 rings (SSSR count). The van der Waals surface area contributed by atoms with E-state index in [1.807, 2.05) is 6.92 Å². The molecule has 0 aliphatic carbocycles. The van der Waals surface area contributed by atoms with Gasteiger partial charge in [0.05, 0.1) is 16.4 Å². The smallest absolute Gasteiger partial charge is 0.305 e. The molecule has 0 spiro atoms. The number of anilines is 2. The zero-order valence-electron chi connectivity index (χ0n) is 18.4. The fourth-order valence-corrected chi connectivity index (χ4v) is 4.15. The van der Waals surface area contributed by atoms with Crippen LogP contribution in [0.4, 0.5) is 17.1 Å². The molecule has 9 nitrogen and oxygen atoms in total. The van der Waals surface area contributed by atoms with Crippen LogP contribution in [-0.2, 0) is 14.3 Å². The van der Waals surface area contributed by atoms with Crippen LogP contribution in [0.2, 0.25) is 5.02 Å². The van der Waals surface area contributed by atoms with Crippen molar-refractivity contribution in [3.63, 3.8) is 0 Å². The van der Waals surface area contributed by atoms with E-state index in [0.717, 1.165) is 5.56 Å². The minimum atomic E-state index is -3.97. The van der Waals surface area contributed by atoms with Gasteiger partial charge in [0, 0.05) is 24.3 Å². The molecule has 0 aromatic heterocycles. The molecule has 11 heteroatoms. The van der Waals surface area contributed by atoms with E-state index in [9.17, 15) is 23.3 Å². The normalized spacial score (nSPS) is 11.1. The van der Waals surface area contributed by atoms with Crippen molar-refractivity contribution in [2.24, 2.45) is 0 Å². The maximum atomic E-state index is 12.8. The molecule has 0 aliphatic heterocycles. The highest BCUT2D eigenvalue weighted by Gasteiger charge is 2.27. The van der Waals surface area contributed by atoms with Gasteiger partial charge >= 0.3 is 5.69 Å². The number of nitrogens with zero attached hydrogens (tertiary/aromatic N) is 2. The topological polar surface area (TPSA) is 119 Å². The first kappa shape index (κ1) is 25.2. The molecule has 34 heavy (non-hydrogen) atoms. The monoisotopic (exact) mass is 503 g/mol. The number of amides is 1. The molecule has 0 aliphatic rings. The zero-order valence-corrected chi connectivity index (χ0v) is 20.0. The van der Waals surface area contributed by atoms with Gasteiger partial charge in [-0.1, -0.05) is 35.4 Å². The Labute approximate surface area is 202 Å². The third kappa shape index (κ3) is 6.10. The molecule has 3 aromatic carbocycles. The van der Waals surface area contributed by atoms with E-state index in [1.54, 1.807) is 43.4 Å². The second kappa shape index (κ2) is 10.6. The van der Waals surface area contributed by atoms with Gasteiger partial charge in [-0.2, -0.15) is 8.42 Å². The quantitative estimate of drug-likeness (QED) is 0.256. The Bertz CT molecular complexity index is 1300. The number of halogens is 1. The fraction of sp³-hybridized carbons (Fsp3) is 0.174. The zero-order chi connectivity index (χ0) is 24.9. The Balaban J connectivity index is 1.75. The van der Waals surface area contributed by atoms with Crippen molar-refractivity contribution in [3.8, 4) is 0 Å². The van der Waals surface area contributed by atoms with Gasteiger partial charge in [-0.25, -0.2) is 0 Å². The van der Waals surface area contributed by atoms with E-state index >= 15 is 0 Å². The highest BCUT2D eigenvalue weighted by molar-refractivity contribution is 7.86. The van der Waals surface area contributed by atoms with Crippen LogP contribution in [0.3, 0.4) is 0 Å². The maximum absolute atomic E-state index is 12.8. The fourth-order valence-electron chi connectivity index (χ4n) is 3.12. The van der Waals surface area contributed by atoms with Gasteiger partial charge in [0.2, 0.25) is 0 Å². The van der Waals surface area contributed by atoms with Gasteiger partial charge in [0.25, 0.3) is 16.0 Å². The second-order valence-electron chi connectivity index (χ2n) is 7.40. The summed E-state index contributed by atoms with van der Waals surface area (Å²) in [6.07, 6.45) is 0. The Morgan fingerprint density at radius 1 is 1.09 bits per heavy atom. The number of aryl methyl sites for hydroxylation is 1. The summed E-state index contributed by atoms with van der Waals surface area (Å²) in [5.74, 6) is -0.664. The molecule has 0 atom stereocenters. The van der Waals surface area contributed by atoms with Crippen LogP contribution in [0.5, 0.6) is 0 Å². The van der Waals surface area contributed by atoms with Crippen molar-refractivity contribution >= 4 is 44.7 Å². The Morgan fingerprint density at radius 2 is 1.74 bits per heavy atom. The number of nitrogens with one attached hydrogen (secondary N) is 1. The lowest BCUT2D eigenvalue weighted by atomic mass is 10.1. The molecule has 1 N–H and O–H groups in total. The van der Waals surface area contributed by atoms with Gasteiger partial charge in [0.15, 0.2) is 0 Å². The summed E-state index contributed by atoms with van der Waals surface area (Å²) in [5, 5.41) is 14.9. The van der Waals surface area contributed by atoms with Gasteiger partial charge in [-0.3, -0.25) is 19.1 Å². The molecule has 0 unspecified atom stereocenters. The summed E-state index contributed by atoms with van der Waals surface area (Å²) in [6, 6.07) is 16.9. The number of nitro benzene ring substituents is 1. The van der Waals surface area contributed by atoms with Gasteiger partial charge in [-0.05, 0) is 55.5 Å². The highest BCUT2D eigenvalue weighted by atomic mass is 35.5. The summed E-state index contributed by atoms with van der Waals surface area (Å²) in [5.41, 5.74) is 0.934. The number of benzene rings is 3. The third-order valence-electron chi connectivity index (χ3n) is 4.93. The third-order valence-corrected chi connectivity index (χ3v) is 6.51. The predicted molar refractivity (Wildman–Crippen MR) is 130 cm³/mol. The van der Waals surface area contributed by atoms with Gasteiger partial charge in [0.1, 0.15) is 11.3 Å². The number of carbonyl (C=O) groups excluding carboxylic acids is 1. The lowest BCUT2D eigenvalue weighted by molar-refractivity contribution is -0.384. The predicted octanol–water partition coefficient (Wildman–Crippen LogP) is 4.65. The molecular formula is C23H22ClN3O6S. The molecular weight excluding hydrogens is 482 g/mol. The van der Waals surface area contributed by atoms with Crippen molar-refractivity contribution in [1.82, 2.24) is 0 Å². The number of hydrogen-bond donors (Lipinski definition) is 1. The average Bonchev–Trinajstić information content (AvgIpc) is 2.80. The first-order valence-electron chi connectivity index (χ1n) is 10.1. The maximum Gasteiger partial charge on any atom is 0.305 e. The Morgan fingerprint density at radius 3 is 2.35 bits per heavy atom. The molecule has 1 amide bonds. The number of carbonyl (C=O) groups is 1. The summed E-state index contributed by atoms with van der Waals surface area (Å²) in [7, 11) is -2.43. The van der Waals surface area contributed by atoms with Crippen LogP contribution in [-0.4, -0.2) is 39.4 Å². The van der Waals surface area contributed by atoms with Crippen molar-refractivity contribution < 1.29 is 22.3 Å². The van der Waals surface area contributed by atoms with Crippen LogP contribution in [0.1, 0.15) is 15.9 Å². The molecule has 0 fully saturated rings. The molecule has 178 valence electrons. The molecule has 3 aromatic rings. The molecule has 0 saturated heterocycles. The number of para-hydroxylation sites is 1. The minimum absolute atomic E-state index is 0.0209. The van der Waals surface area contributed by atoms with E-state index in [4.69, 9.17) is 15.8 Å². The highest BCUT2D eigenvalue weighted by Crippen LogP contribution is 2.32. The number of likely N-dealkylation sites (N-methyl/N-ethyl adjacent to an activating group) is 1. The van der Waals surface area contributed by atoms with E-state index in [2.05, 4.69) is 5.32 Å². The SMILES string of the molecule is Cc1ccc(S(=O)(=O)OCCN(C)c2cccc(C(=O)Nc3ccc(Cl)cc3)c2[N+](=O)[O-])cc1. The summed E-state index contributed by atoms with van der Waals surface area (Å²) >= 11 is 5.84. The first-order valence-corrected chi connectivity index (χ1v) is 11.9. The lowest BCUT2D eigenvalue weighted by Gasteiger charge is -2.20. The van der Waals surface area contributed by atoms with Gasteiger partial charge in [-0.15, -0.1) is 0 Å². The average molecular weight is 504 g/mol. The number of hydrogen-bond acceptors (Lipinski definition) is 7. The van der Waals surface area contributed by atoms with Crippen LogP contribution >= 0.6 is 11.6 Å². The van der Waals surface area contributed by atoms with E-state index in [1.165, 1.54) is 35.2 Å². The lowest BCUT2D eigenvalue weighted by Crippen LogP contribution is -2.25. The molecule has 0 radical (unpaired) electrons. The van der Waals surface area contributed by atoms with Crippen molar-refractivity contribution in [1.29, 1.82) is 0 Å². The van der Waals surface area contributed by atoms with Crippen molar-refractivity contribution in [2.45, 2.75) is 11.8 Å². The minimum Gasteiger partial charge on any atom is -0.367 e. The van der Waals surface area contributed by atoms with Crippen molar-refractivity contribution in [2.75, 3.05) is 30.4 Å². The largest absolute Gasteiger partial charge is 0.367 e. The standard InChI is InChI=1S/C23H22ClN3O6S/c1-16-6-12-19(13-7-16)34(31,32)33-15-14-26(2)21-5-3-4-20(22(21)27(29)30)23(28)25-18-10-8-17(24)9-11-18/h3-13H,14-15H2,1-2H3,(H,25,28). The number of rotatable bonds is 9. The van der Waals surface area contributed by atoms with E-state index in [-0.39, 0.29) is 29.3 Å². The van der Waals surface area contributed by atoms with E-state index in [0.29, 0.717) is 10.7 Å². The number of nitro groups is 1. The van der Waals surface area contributed by atoms with Gasteiger partial charge < -0.3 is 10.2 Å². The molecule has 0 heterocycles. The second-order valence-corrected chi connectivity index (χ2v) is 9.45. The summed E-state index contributed by atoms with van der Waals surface area (Å²) in [6.45, 7) is 1.61. The molecule has 0 saturated carbocycles. The molecule has 0 bridgehead atoms. The van der Waals surface area contributed by atoms with Crippen LogP contribution in [0.15, 0.2) is 71.6 Å². The van der Waals surface area contributed by atoms with Crippen LogP contribution in [0, 0.1) is 17.0 Å². The Hall–Kier alpha value is -3.47. The van der Waals surface area contributed by atoms with E-state index < -0.39 is 26.6 Å². The van der Waals surface area contributed by atoms with Crippen LogP contribution < -0.4 is 10.2 Å². The first-order chi connectivity index (χ1) is 16.1.